The summed E-state index contributed by atoms with van der Waals surface area (Å²) in [7, 11) is 0. The van der Waals surface area contributed by atoms with Crippen LogP contribution in [0.15, 0.2) is 127 Å². The minimum absolute atomic E-state index is 0.0407. The highest BCUT2D eigenvalue weighted by Gasteiger charge is 2.37. The molecule has 0 bridgehead atoms. The van der Waals surface area contributed by atoms with Gasteiger partial charge in [-0.3, -0.25) is 4.98 Å². The van der Waals surface area contributed by atoms with Gasteiger partial charge in [-0.2, -0.15) is 0 Å². The van der Waals surface area contributed by atoms with Gasteiger partial charge in [0.15, 0.2) is 0 Å². The van der Waals surface area contributed by atoms with Crippen LogP contribution in [0.25, 0.3) is 43.8 Å². The number of hydrogen-bond acceptors (Lipinski definition) is 2. The fourth-order valence-corrected chi connectivity index (χ4v) is 7.84. The Morgan fingerprint density at radius 3 is 2.24 bits per heavy atom. The van der Waals surface area contributed by atoms with Gasteiger partial charge >= 0.3 is 0 Å². The summed E-state index contributed by atoms with van der Waals surface area (Å²) in [4.78, 5) is 5.01. The third-order valence-corrected chi connectivity index (χ3v) is 10.3. The first kappa shape index (κ1) is 27.7. The standard InChI is InChI=1S/C43H38N2/c1-4-27-11-5-6-12-33(27)41(44)42-37-15-8-7-13-34(37)38(26-45-42)32-20-19-28-23-29(17-18-30(28)24-32)31-21-22-36-35-14-9-10-16-39(35)43(2,3)40(36)25-31/h5-20,23-26,41H,4,21-22,44H2,1-3H3. The van der Waals surface area contributed by atoms with Crippen LogP contribution < -0.4 is 5.73 Å². The number of aromatic nitrogens is 1. The summed E-state index contributed by atoms with van der Waals surface area (Å²) in [5.74, 6) is 0. The molecule has 1 aromatic heterocycles. The van der Waals surface area contributed by atoms with E-state index in [9.17, 15) is 0 Å². The Morgan fingerprint density at radius 2 is 1.42 bits per heavy atom. The van der Waals surface area contributed by atoms with Crippen LogP contribution in [0.4, 0.5) is 0 Å². The van der Waals surface area contributed by atoms with Crippen molar-refractivity contribution in [2.75, 3.05) is 0 Å². The first-order chi connectivity index (χ1) is 21.9. The van der Waals surface area contributed by atoms with Gasteiger partial charge in [-0.05, 0) is 97.7 Å². The highest BCUT2D eigenvalue weighted by atomic mass is 14.8. The van der Waals surface area contributed by atoms with Crippen LogP contribution in [0.2, 0.25) is 0 Å². The van der Waals surface area contributed by atoms with Crippen molar-refractivity contribution in [2.24, 2.45) is 5.73 Å². The average molecular weight is 583 g/mol. The SMILES string of the molecule is CCc1ccccc1C(N)c1ncc(-c2ccc3cc(C4=CC5=C(CC4)c4ccccc4C5(C)C)ccc3c2)c2ccccc12. The topological polar surface area (TPSA) is 38.9 Å². The number of fused-ring (bicyclic) bond motifs is 4. The predicted molar refractivity (Wildman–Crippen MR) is 190 cm³/mol. The Bertz CT molecular complexity index is 2200. The molecular formula is C43H38N2. The molecule has 2 aliphatic rings. The summed E-state index contributed by atoms with van der Waals surface area (Å²) >= 11 is 0. The van der Waals surface area contributed by atoms with E-state index >= 15 is 0 Å². The van der Waals surface area contributed by atoms with E-state index in [2.05, 4.69) is 136 Å². The molecule has 2 N–H and O–H groups in total. The maximum Gasteiger partial charge on any atom is 0.0735 e. The molecule has 8 rings (SSSR count). The minimum Gasteiger partial charge on any atom is -0.319 e. The average Bonchev–Trinajstić information content (AvgIpc) is 3.32. The van der Waals surface area contributed by atoms with Crippen LogP contribution in [-0.2, 0) is 11.8 Å². The van der Waals surface area contributed by atoms with Gasteiger partial charge in [-0.1, -0.05) is 124 Å². The van der Waals surface area contributed by atoms with E-state index in [0.29, 0.717) is 0 Å². The number of nitrogens with two attached hydrogens (primary N) is 1. The van der Waals surface area contributed by atoms with E-state index in [-0.39, 0.29) is 11.5 Å². The van der Waals surface area contributed by atoms with Crippen molar-refractivity contribution in [2.45, 2.75) is 51.5 Å². The molecule has 0 saturated carbocycles. The molecule has 0 radical (unpaired) electrons. The first-order valence-corrected chi connectivity index (χ1v) is 16.2. The molecule has 1 unspecified atom stereocenters. The second-order valence-electron chi connectivity index (χ2n) is 13.1. The molecule has 6 aromatic rings. The number of aryl methyl sites for hydroxylation is 1. The van der Waals surface area contributed by atoms with Crippen molar-refractivity contribution in [1.29, 1.82) is 0 Å². The lowest BCUT2D eigenvalue weighted by atomic mass is 9.78. The number of benzene rings is 5. The third kappa shape index (κ3) is 4.47. The Morgan fingerprint density at radius 1 is 0.733 bits per heavy atom. The molecule has 220 valence electrons. The Hall–Kier alpha value is -4.79. The lowest BCUT2D eigenvalue weighted by molar-refractivity contribution is 0.652. The highest BCUT2D eigenvalue weighted by Crippen LogP contribution is 2.52. The second-order valence-corrected chi connectivity index (χ2v) is 13.1. The Labute approximate surface area is 266 Å². The molecular weight excluding hydrogens is 544 g/mol. The Kier molecular flexibility index (Phi) is 6.58. The number of allylic oxidation sites excluding steroid dienone is 4. The zero-order valence-electron chi connectivity index (χ0n) is 26.3. The van der Waals surface area contributed by atoms with Crippen molar-refractivity contribution >= 4 is 32.7 Å². The van der Waals surface area contributed by atoms with Gasteiger partial charge in [0.25, 0.3) is 0 Å². The largest absolute Gasteiger partial charge is 0.319 e. The molecule has 45 heavy (non-hydrogen) atoms. The fraction of sp³-hybridized carbons (Fsp3) is 0.186. The van der Waals surface area contributed by atoms with Gasteiger partial charge in [-0.25, -0.2) is 0 Å². The summed E-state index contributed by atoms with van der Waals surface area (Å²) < 4.78 is 0. The molecule has 0 aliphatic heterocycles. The van der Waals surface area contributed by atoms with Crippen molar-refractivity contribution in [3.8, 4) is 11.1 Å². The monoisotopic (exact) mass is 582 g/mol. The van der Waals surface area contributed by atoms with E-state index in [1.54, 1.807) is 0 Å². The third-order valence-electron chi connectivity index (χ3n) is 10.3. The summed E-state index contributed by atoms with van der Waals surface area (Å²) in [6.45, 7) is 6.93. The fourth-order valence-electron chi connectivity index (χ4n) is 7.84. The summed E-state index contributed by atoms with van der Waals surface area (Å²) in [6, 6.07) is 39.5. The van der Waals surface area contributed by atoms with Gasteiger partial charge in [0.1, 0.15) is 0 Å². The molecule has 5 aromatic carbocycles. The minimum atomic E-state index is -0.278. The highest BCUT2D eigenvalue weighted by molar-refractivity contribution is 6.00. The Balaban J connectivity index is 1.15. The second kappa shape index (κ2) is 10.7. The predicted octanol–water partition coefficient (Wildman–Crippen LogP) is 10.6. The number of hydrogen-bond donors (Lipinski definition) is 1. The normalized spacial score (nSPS) is 16.0. The van der Waals surface area contributed by atoms with Gasteiger partial charge in [0.2, 0.25) is 0 Å². The van der Waals surface area contributed by atoms with Gasteiger partial charge in [-0.15, -0.1) is 0 Å². The van der Waals surface area contributed by atoms with Crippen LogP contribution in [0.5, 0.6) is 0 Å². The molecule has 2 nitrogen and oxygen atoms in total. The molecule has 1 heterocycles. The van der Waals surface area contributed by atoms with Crippen molar-refractivity contribution < 1.29 is 0 Å². The van der Waals surface area contributed by atoms with E-state index < -0.39 is 0 Å². The summed E-state index contributed by atoms with van der Waals surface area (Å²) in [5, 5.41) is 4.79. The lowest BCUT2D eigenvalue weighted by Crippen LogP contribution is -2.17. The van der Waals surface area contributed by atoms with Crippen molar-refractivity contribution in [1.82, 2.24) is 4.98 Å². The number of rotatable bonds is 5. The lowest BCUT2D eigenvalue weighted by Gasteiger charge is -2.26. The van der Waals surface area contributed by atoms with Crippen molar-refractivity contribution in [3.63, 3.8) is 0 Å². The maximum absolute atomic E-state index is 6.89. The molecule has 1 atom stereocenters. The smallest absolute Gasteiger partial charge is 0.0735 e. The van der Waals surface area contributed by atoms with Crippen LogP contribution >= 0.6 is 0 Å². The number of nitrogens with zero attached hydrogens (tertiary/aromatic N) is 1. The molecule has 2 aliphatic carbocycles. The van der Waals surface area contributed by atoms with E-state index in [4.69, 9.17) is 10.7 Å². The van der Waals surface area contributed by atoms with Crippen LogP contribution in [0, 0.1) is 0 Å². The van der Waals surface area contributed by atoms with E-state index in [1.807, 2.05) is 6.20 Å². The maximum atomic E-state index is 6.89. The van der Waals surface area contributed by atoms with Crippen LogP contribution in [0.1, 0.15) is 73.2 Å². The molecule has 2 heteroatoms. The van der Waals surface area contributed by atoms with Crippen molar-refractivity contribution in [3.05, 3.63) is 161 Å². The quantitative estimate of drug-likeness (QED) is 0.220. The zero-order chi connectivity index (χ0) is 30.7. The van der Waals surface area contributed by atoms with Gasteiger partial charge in [0.05, 0.1) is 11.7 Å². The van der Waals surface area contributed by atoms with Gasteiger partial charge < -0.3 is 5.73 Å². The van der Waals surface area contributed by atoms with Crippen LogP contribution in [0.3, 0.4) is 0 Å². The zero-order valence-corrected chi connectivity index (χ0v) is 26.3. The van der Waals surface area contributed by atoms with Gasteiger partial charge in [0, 0.05) is 22.6 Å². The van der Waals surface area contributed by atoms with Crippen LogP contribution in [-0.4, -0.2) is 4.98 Å². The number of pyridine rings is 1. The molecule has 0 saturated heterocycles. The molecule has 0 spiro atoms. The molecule has 0 amide bonds. The molecule has 0 fully saturated rings. The van der Waals surface area contributed by atoms with E-state index in [1.165, 1.54) is 60.7 Å². The first-order valence-electron chi connectivity index (χ1n) is 16.2. The summed E-state index contributed by atoms with van der Waals surface area (Å²) in [6.07, 6.45) is 7.61. The summed E-state index contributed by atoms with van der Waals surface area (Å²) in [5.41, 5.74) is 21.3. The van der Waals surface area contributed by atoms with E-state index in [0.717, 1.165) is 41.5 Å².